The van der Waals surface area contributed by atoms with Gasteiger partial charge in [-0.3, -0.25) is 9.98 Å². The number of nitrogens with zero attached hydrogens (tertiary/aromatic N) is 2. The molecule has 5 heteroatoms. The first kappa shape index (κ1) is 32.4. The molecule has 6 aromatic rings. The van der Waals surface area contributed by atoms with Crippen LogP contribution in [0.2, 0.25) is 0 Å². The monoisotopic (exact) mass is 669 g/mol. The minimum atomic E-state index is -1.17. The van der Waals surface area contributed by atoms with Crippen LogP contribution >= 0.6 is 15.8 Å². The Morgan fingerprint density at radius 2 is 0.622 bits per heavy atom. The van der Waals surface area contributed by atoms with Crippen molar-refractivity contribution in [1.29, 1.82) is 0 Å². The molecule has 2 nitrogen and oxygen atoms in total. The van der Waals surface area contributed by atoms with Crippen molar-refractivity contribution in [2.75, 3.05) is 13.1 Å². The molecule has 45 heavy (non-hydrogen) atoms. The van der Waals surface area contributed by atoms with Crippen LogP contribution in [0.1, 0.15) is 11.1 Å². The van der Waals surface area contributed by atoms with Crippen molar-refractivity contribution in [3.8, 4) is 0 Å². The molecular formula is C40H36CuN2P2+3. The molecule has 0 unspecified atom stereocenters. The molecule has 0 amide bonds. The summed E-state index contributed by atoms with van der Waals surface area (Å²) in [5.74, 6) is 0. The van der Waals surface area contributed by atoms with Gasteiger partial charge < -0.3 is 0 Å². The van der Waals surface area contributed by atoms with Gasteiger partial charge in [-0.2, -0.15) is 0 Å². The molecule has 0 spiro atoms. The summed E-state index contributed by atoms with van der Waals surface area (Å²) in [4.78, 5) is 9.68. The van der Waals surface area contributed by atoms with Gasteiger partial charge in [0.2, 0.25) is 0 Å². The van der Waals surface area contributed by atoms with Gasteiger partial charge in [0.15, 0.2) is 0 Å². The minimum absolute atomic E-state index is 0. The molecule has 0 heterocycles. The Morgan fingerprint density at radius 3 is 0.933 bits per heavy atom. The van der Waals surface area contributed by atoms with Crippen LogP contribution in [0.15, 0.2) is 180 Å². The first-order chi connectivity index (χ1) is 21.9. The Morgan fingerprint density at radius 1 is 0.356 bits per heavy atom. The third-order valence-corrected chi connectivity index (χ3v) is 13.2. The van der Waals surface area contributed by atoms with Gasteiger partial charge in [-0.25, -0.2) is 0 Å². The zero-order valence-electron chi connectivity index (χ0n) is 24.9. The first-order valence-electron chi connectivity index (χ1n) is 15.0. The molecule has 6 rings (SSSR count). The summed E-state index contributed by atoms with van der Waals surface area (Å²) >= 11 is 0. The largest absolute Gasteiger partial charge is 1.00 e. The number of benzene rings is 6. The summed E-state index contributed by atoms with van der Waals surface area (Å²) in [6.07, 6.45) is 4.09. The second-order valence-electron chi connectivity index (χ2n) is 10.5. The molecule has 224 valence electrons. The summed E-state index contributed by atoms with van der Waals surface area (Å²) in [6, 6.07) is 60.9. The molecule has 0 aliphatic rings. The van der Waals surface area contributed by atoms with Crippen molar-refractivity contribution in [2.24, 2.45) is 9.98 Å². The Hall–Kier alpha value is -3.96. The number of hydrogen-bond acceptors (Lipinski definition) is 2. The topological polar surface area (TPSA) is 24.7 Å². The molecular weight excluding hydrogens is 634 g/mol. The van der Waals surface area contributed by atoms with Crippen LogP contribution in [-0.4, -0.2) is 25.5 Å². The van der Waals surface area contributed by atoms with Gasteiger partial charge in [0.1, 0.15) is 31.8 Å². The molecule has 6 aromatic carbocycles. The second kappa shape index (κ2) is 16.9. The third kappa shape index (κ3) is 8.40. The van der Waals surface area contributed by atoms with Crippen molar-refractivity contribution in [3.05, 3.63) is 181 Å². The fourth-order valence-corrected chi connectivity index (χ4v) is 10.9. The average Bonchev–Trinajstić information content (AvgIpc) is 3.10. The fourth-order valence-electron chi connectivity index (χ4n) is 5.49. The van der Waals surface area contributed by atoms with Crippen LogP contribution in [0.25, 0.3) is 0 Å². The van der Waals surface area contributed by atoms with E-state index in [0.717, 1.165) is 0 Å². The molecule has 0 atom stereocenters. The second-order valence-corrected chi connectivity index (χ2v) is 15.3. The van der Waals surface area contributed by atoms with E-state index < -0.39 is 15.8 Å². The summed E-state index contributed by atoms with van der Waals surface area (Å²) in [5, 5.41) is 8.21. The molecule has 0 saturated heterocycles. The smallest absolute Gasteiger partial charge is 0.290 e. The molecule has 0 radical (unpaired) electrons. The summed E-state index contributed by atoms with van der Waals surface area (Å²) in [6.45, 7) is 1.28. The van der Waals surface area contributed by atoms with Crippen molar-refractivity contribution in [1.82, 2.24) is 0 Å². The van der Waals surface area contributed by atoms with Gasteiger partial charge in [-0.05, 0) is 72.8 Å². The Balaban J connectivity index is 0.00000400. The van der Waals surface area contributed by atoms with Gasteiger partial charge in [0.25, 0.3) is 0 Å². The van der Waals surface area contributed by atoms with E-state index in [2.05, 4.69) is 170 Å². The maximum Gasteiger partial charge on any atom is 1.00 e. The molecule has 0 aromatic heterocycles. The summed E-state index contributed by atoms with van der Waals surface area (Å²) in [5.41, 5.74) is 2.36. The molecule has 0 bridgehead atoms. The van der Waals surface area contributed by atoms with Crippen LogP contribution in [0.3, 0.4) is 0 Å². The minimum Gasteiger partial charge on any atom is -0.290 e. The van der Waals surface area contributed by atoms with Crippen LogP contribution in [0.4, 0.5) is 0 Å². The van der Waals surface area contributed by atoms with E-state index >= 15 is 0 Å². The maximum atomic E-state index is 4.84. The van der Waals surface area contributed by atoms with E-state index in [-0.39, 0.29) is 17.1 Å². The van der Waals surface area contributed by atoms with E-state index in [0.29, 0.717) is 13.1 Å². The summed E-state index contributed by atoms with van der Waals surface area (Å²) in [7, 11) is -2.33. The van der Waals surface area contributed by atoms with Crippen molar-refractivity contribution < 1.29 is 17.1 Å². The van der Waals surface area contributed by atoms with E-state index in [9.17, 15) is 0 Å². The van der Waals surface area contributed by atoms with Crippen molar-refractivity contribution in [2.45, 2.75) is 0 Å². The predicted molar refractivity (Wildman–Crippen MR) is 198 cm³/mol. The fraction of sp³-hybridized carbons (Fsp3) is 0.0500. The zero-order chi connectivity index (χ0) is 29.8. The zero-order valence-corrected chi connectivity index (χ0v) is 27.9. The molecule has 0 aliphatic heterocycles. The standard InChI is InChI=1S/C40H34N2P2.Cu/c1-5-19-35(20-6-1)43(36-21-7-2-8-22-36)39-27-15-13-17-33(39)31-41-29-30-42-32-34-18-14-16-28-40(34)44(37-23-9-3-10-24-37)38-25-11-4-12-26-38;/h1-28,31-32H,29-30H2;/q;+1/p+2. The van der Waals surface area contributed by atoms with E-state index in [1.807, 2.05) is 12.4 Å². The SMILES string of the molecule is C(=NCCN=Cc1ccccc1[PH+](c1ccccc1)c1ccccc1)c1ccccc1[PH+](c1ccccc1)c1ccccc1.[Cu+]. The number of rotatable bonds is 11. The maximum absolute atomic E-state index is 4.84. The van der Waals surface area contributed by atoms with Crippen molar-refractivity contribution in [3.63, 3.8) is 0 Å². The quantitative estimate of drug-likeness (QED) is 0.0680. The van der Waals surface area contributed by atoms with E-state index in [4.69, 9.17) is 9.98 Å². The average molecular weight is 670 g/mol. The molecule has 0 aliphatic carbocycles. The normalized spacial score (nSPS) is 11.3. The first-order valence-corrected chi connectivity index (χ1v) is 18.0. The Labute approximate surface area is 280 Å². The van der Waals surface area contributed by atoms with E-state index in [1.54, 1.807) is 0 Å². The number of hydrogen-bond donors (Lipinski definition) is 0. The van der Waals surface area contributed by atoms with E-state index in [1.165, 1.54) is 43.0 Å². The van der Waals surface area contributed by atoms with Gasteiger partial charge in [-0.1, -0.05) is 97.1 Å². The van der Waals surface area contributed by atoms with Crippen LogP contribution in [0, 0.1) is 0 Å². The predicted octanol–water partition coefficient (Wildman–Crippen LogP) is 6.20. The third-order valence-electron chi connectivity index (χ3n) is 7.53. The summed E-state index contributed by atoms with van der Waals surface area (Å²) < 4.78 is 0. The van der Waals surface area contributed by atoms with Crippen LogP contribution in [-0.2, 0) is 17.1 Å². The van der Waals surface area contributed by atoms with Gasteiger partial charge in [0.05, 0.1) is 28.9 Å². The molecule has 0 fully saturated rings. The molecule has 0 saturated carbocycles. The molecule has 0 N–H and O–H groups in total. The van der Waals surface area contributed by atoms with Crippen LogP contribution < -0.4 is 31.8 Å². The Bertz CT molecular complexity index is 1600. The van der Waals surface area contributed by atoms with Gasteiger partial charge in [-0.15, -0.1) is 0 Å². The van der Waals surface area contributed by atoms with Gasteiger partial charge in [0, 0.05) is 23.6 Å². The van der Waals surface area contributed by atoms with Gasteiger partial charge >= 0.3 is 17.1 Å². The van der Waals surface area contributed by atoms with Crippen molar-refractivity contribution >= 4 is 60.1 Å². The number of aliphatic imine (C=N–C) groups is 2. The van der Waals surface area contributed by atoms with Crippen LogP contribution in [0.5, 0.6) is 0 Å². The Kier molecular flexibility index (Phi) is 12.2.